The van der Waals surface area contributed by atoms with E-state index in [9.17, 15) is 5.11 Å². The highest BCUT2D eigenvalue weighted by Gasteiger charge is 2.23. The summed E-state index contributed by atoms with van der Waals surface area (Å²) >= 11 is 0. The lowest BCUT2D eigenvalue weighted by molar-refractivity contribution is 0.116. The van der Waals surface area contributed by atoms with E-state index in [4.69, 9.17) is 5.73 Å². The Morgan fingerprint density at radius 1 is 1.44 bits per heavy atom. The molecular formula is C12H19N3O. The predicted octanol–water partition coefficient (Wildman–Crippen LogP) is 1.69. The summed E-state index contributed by atoms with van der Waals surface area (Å²) in [5, 5.41) is 13.1. The summed E-state index contributed by atoms with van der Waals surface area (Å²) in [5.74, 6) is 0.691. The van der Waals surface area contributed by atoms with Gasteiger partial charge in [-0.15, -0.1) is 0 Å². The van der Waals surface area contributed by atoms with Crippen LogP contribution in [0.2, 0.25) is 0 Å². The fraction of sp³-hybridized carbons (Fsp3) is 0.583. The highest BCUT2D eigenvalue weighted by Crippen LogP contribution is 2.24. The number of nitrogens with two attached hydrogens (primary N) is 1. The number of aliphatic hydroxyl groups is 1. The molecule has 1 aliphatic rings. The molecule has 4 N–H and O–H groups in total. The summed E-state index contributed by atoms with van der Waals surface area (Å²) in [6.45, 7) is 1.96. The van der Waals surface area contributed by atoms with Crippen molar-refractivity contribution in [3.8, 4) is 0 Å². The summed E-state index contributed by atoms with van der Waals surface area (Å²) < 4.78 is 0. The molecule has 1 fully saturated rings. The van der Waals surface area contributed by atoms with Crippen molar-refractivity contribution >= 4 is 11.5 Å². The van der Waals surface area contributed by atoms with Gasteiger partial charge in [0.15, 0.2) is 0 Å². The van der Waals surface area contributed by atoms with Crippen LogP contribution in [0.3, 0.4) is 0 Å². The summed E-state index contributed by atoms with van der Waals surface area (Å²) in [6.07, 6.45) is 5.61. The minimum atomic E-state index is -0.281. The molecule has 2 unspecified atom stereocenters. The Bertz CT molecular complexity index is 367. The number of pyridine rings is 1. The summed E-state index contributed by atoms with van der Waals surface area (Å²) in [7, 11) is 0. The van der Waals surface area contributed by atoms with Gasteiger partial charge in [-0.1, -0.05) is 12.8 Å². The number of nitrogen functional groups attached to an aromatic ring is 1. The van der Waals surface area contributed by atoms with Gasteiger partial charge in [0.25, 0.3) is 0 Å². The van der Waals surface area contributed by atoms with Crippen molar-refractivity contribution in [1.82, 2.24) is 4.98 Å². The fourth-order valence-electron chi connectivity index (χ4n) is 2.17. The standard InChI is InChI=1S/C12H19N3O/c1-8-6-9(13)12(14-7-8)15-10-4-2-3-5-11(10)16/h6-7,10-11,16H,2-5,13H2,1H3,(H,14,15). The van der Waals surface area contributed by atoms with Crippen LogP contribution in [-0.4, -0.2) is 22.2 Å². The highest BCUT2D eigenvalue weighted by molar-refractivity contribution is 5.62. The van der Waals surface area contributed by atoms with E-state index < -0.39 is 0 Å². The first-order chi connectivity index (χ1) is 7.66. The zero-order chi connectivity index (χ0) is 11.5. The minimum absolute atomic E-state index is 0.0891. The number of anilines is 2. The first-order valence-electron chi connectivity index (χ1n) is 5.83. The zero-order valence-corrected chi connectivity index (χ0v) is 9.61. The van der Waals surface area contributed by atoms with Gasteiger partial charge in [0, 0.05) is 6.20 Å². The maximum Gasteiger partial charge on any atom is 0.149 e. The van der Waals surface area contributed by atoms with E-state index in [2.05, 4.69) is 10.3 Å². The normalized spacial score (nSPS) is 25.4. The van der Waals surface area contributed by atoms with Gasteiger partial charge in [-0.2, -0.15) is 0 Å². The zero-order valence-electron chi connectivity index (χ0n) is 9.61. The third kappa shape index (κ3) is 2.44. The summed E-state index contributed by atoms with van der Waals surface area (Å²) in [6, 6.07) is 1.98. The van der Waals surface area contributed by atoms with Gasteiger partial charge in [-0.3, -0.25) is 0 Å². The summed E-state index contributed by atoms with van der Waals surface area (Å²) in [4.78, 5) is 4.26. The quantitative estimate of drug-likeness (QED) is 0.710. The van der Waals surface area contributed by atoms with Crippen LogP contribution in [0.1, 0.15) is 31.2 Å². The molecule has 1 aromatic heterocycles. The van der Waals surface area contributed by atoms with Crippen LogP contribution >= 0.6 is 0 Å². The Labute approximate surface area is 95.9 Å². The van der Waals surface area contributed by atoms with E-state index in [1.807, 2.05) is 13.0 Å². The van der Waals surface area contributed by atoms with Crippen LogP contribution in [0.25, 0.3) is 0 Å². The second-order valence-electron chi connectivity index (χ2n) is 4.55. The number of aliphatic hydroxyl groups excluding tert-OH is 1. The molecule has 88 valence electrons. The number of aryl methyl sites for hydroxylation is 1. The lowest BCUT2D eigenvalue weighted by Gasteiger charge is -2.29. The highest BCUT2D eigenvalue weighted by atomic mass is 16.3. The van der Waals surface area contributed by atoms with Crippen LogP contribution in [-0.2, 0) is 0 Å². The molecule has 16 heavy (non-hydrogen) atoms. The van der Waals surface area contributed by atoms with Gasteiger partial charge in [0.1, 0.15) is 5.82 Å². The Morgan fingerprint density at radius 3 is 2.88 bits per heavy atom. The van der Waals surface area contributed by atoms with Gasteiger partial charge in [-0.25, -0.2) is 4.98 Å². The topological polar surface area (TPSA) is 71.2 Å². The van der Waals surface area contributed by atoms with Crippen molar-refractivity contribution in [2.45, 2.75) is 44.8 Å². The Kier molecular flexibility index (Phi) is 3.29. The molecule has 2 atom stereocenters. The van der Waals surface area contributed by atoms with Gasteiger partial charge < -0.3 is 16.2 Å². The fourth-order valence-corrected chi connectivity index (χ4v) is 2.17. The number of aromatic nitrogens is 1. The molecule has 0 saturated heterocycles. The van der Waals surface area contributed by atoms with Gasteiger partial charge in [0.2, 0.25) is 0 Å². The van der Waals surface area contributed by atoms with E-state index in [1.54, 1.807) is 6.20 Å². The van der Waals surface area contributed by atoms with Crippen LogP contribution in [0.5, 0.6) is 0 Å². The monoisotopic (exact) mass is 221 g/mol. The van der Waals surface area contributed by atoms with E-state index in [1.165, 1.54) is 0 Å². The number of hydrogen-bond donors (Lipinski definition) is 3. The molecule has 0 bridgehead atoms. The third-order valence-corrected chi connectivity index (χ3v) is 3.11. The van der Waals surface area contributed by atoms with Crippen molar-refractivity contribution in [3.05, 3.63) is 17.8 Å². The van der Waals surface area contributed by atoms with E-state index >= 15 is 0 Å². The second kappa shape index (κ2) is 4.70. The first-order valence-corrected chi connectivity index (χ1v) is 5.83. The minimum Gasteiger partial charge on any atom is -0.396 e. The van der Waals surface area contributed by atoms with Crippen molar-refractivity contribution in [3.63, 3.8) is 0 Å². The van der Waals surface area contributed by atoms with E-state index in [0.29, 0.717) is 11.5 Å². The molecule has 0 aromatic carbocycles. The molecule has 0 amide bonds. The molecule has 1 heterocycles. The van der Waals surface area contributed by atoms with Gasteiger partial charge in [0.05, 0.1) is 17.8 Å². The molecule has 4 heteroatoms. The Hall–Kier alpha value is -1.29. The Balaban J connectivity index is 2.07. The van der Waals surface area contributed by atoms with Gasteiger partial charge >= 0.3 is 0 Å². The van der Waals surface area contributed by atoms with E-state index in [0.717, 1.165) is 31.2 Å². The number of hydrogen-bond acceptors (Lipinski definition) is 4. The summed E-state index contributed by atoms with van der Waals surface area (Å²) in [5.41, 5.74) is 7.58. The second-order valence-corrected chi connectivity index (χ2v) is 4.55. The van der Waals surface area contributed by atoms with Gasteiger partial charge in [-0.05, 0) is 31.4 Å². The van der Waals surface area contributed by atoms with Crippen molar-refractivity contribution in [2.75, 3.05) is 11.1 Å². The molecule has 0 spiro atoms. The molecule has 0 radical (unpaired) electrons. The lowest BCUT2D eigenvalue weighted by atomic mass is 9.92. The maximum absolute atomic E-state index is 9.84. The predicted molar refractivity (Wildman–Crippen MR) is 65.3 cm³/mol. The number of rotatable bonds is 2. The SMILES string of the molecule is Cc1cnc(NC2CCCCC2O)c(N)c1. The average molecular weight is 221 g/mol. The molecule has 2 rings (SSSR count). The largest absolute Gasteiger partial charge is 0.396 e. The third-order valence-electron chi connectivity index (χ3n) is 3.11. The van der Waals surface area contributed by atoms with Crippen LogP contribution in [0, 0.1) is 6.92 Å². The average Bonchev–Trinajstić information content (AvgIpc) is 2.25. The molecule has 1 saturated carbocycles. The number of nitrogens with zero attached hydrogens (tertiary/aromatic N) is 1. The van der Waals surface area contributed by atoms with Crippen LogP contribution < -0.4 is 11.1 Å². The van der Waals surface area contributed by atoms with Crippen molar-refractivity contribution in [2.24, 2.45) is 0 Å². The first kappa shape index (κ1) is 11.2. The lowest BCUT2D eigenvalue weighted by Crippen LogP contribution is -2.36. The van der Waals surface area contributed by atoms with Crippen LogP contribution in [0.4, 0.5) is 11.5 Å². The molecule has 1 aromatic rings. The molecular weight excluding hydrogens is 202 g/mol. The smallest absolute Gasteiger partial charge is 0.149 e. The number of nitrogens with one attached hydrogen (secondary N) is 1. The molecule has 0 aliphatic heterocycles. The maximum atomic E-state index is 9.84. The Morgan fingerprint density at radius 2 is 2.19 bits per heavy atom. The van der Waals surface area contributed by atoms with Crippen molar-refractivity contribution in [1.29, 1.82) is 0 Å². The molecule has 4 nitrogen and oxygen atoms in total. The molecule has 1 aliphatic carbocycles. The van der Waals surface area contributed by atoms with Crippen molar-refractivity contribution < 1.29 is 5.11 Å². The van der Waals surface area contributed by atoms with E-state index in [-0.39, 0.29) is 12.1 Å². The van der Waals surface area contributed by atoms with Crippen LogP contribution in [0.15, 0.2) is 12.3 Å².